The predicted molar refractivity (Wildman–Crippen MR) is 83.3 cm³/mol. The molecule has 0 unspecified atom stereocenters. The average Bonchev–Trinajstić information content (AvgIpc) is 2.74. The molecule has 19 heavy (non-hydrogen) atoms. The molecule has 0 fully saturated rings. The van der Waals surface area contributed by atoms with Gasteiger partial charge in [0.15, 0.2) is 0 Å². The van der Waals surface area contributed by atoms with Crippen molar-refractivity contribution in [2.24, 2.45) is 0 Å². The van der Waals surface area contributed by atoms with Crippen LogP contribution in [0, 0.1) is 0 Å². The van der Waals surface area contributed by atoms with Crippen LogP contribution in [0.5, 0.6) is 0 Å². The van der Waals surface area contributed by atoms with E-state index in [0.717, 1.165) is 6.42 Å². The zero-order valence-electron chi connectivity index (χ0n) is 12.1. The molecule has 0 saturated carbocycles. The number of hydrogen-bond donors (Lipinski definition) is 0. The molecule has 0 saturated heterocycles. The molecule has 2 nitrogen and oxygen atoms in total. The van der Waals surface area contributed by atoms with Crippen molar-refractivity contribution in [3.63, 3.8) is 0 Å². The standard InChI is InChI=1S/C17H20N2/c1-18(2)14-5-7-16-12(10-14)9-13-11-15(19(3)4)6-8-17(13)16/h5-8,10-11H,9H2,1-4H3. The molecule has 0 aromatic heterocycles. The highest BCUT2D eigenvalue weighted by molar-refractivity contribution is 5.80. The molecule has 0 bridgehead atoms. The molecule has 98 valence electrons. The molecule has 1 aliphatic rings. The molecule has 0 spiro atoms. The van der Waals surface area contributed by atoms with E-state index in [1.165, 1.54) is 33.6 Å². The van der Waals surface area contributed by atoms with Gasteiger partial charge in [-0.25, -0.2) is 0 Å². The first-order valence-corrected chi connectivity index (χ1v) is 6.67. The van der Waals surface area contributed by atoms with Gasteiger partial charge >= 0.3 is 0 Å². The fourth-order valence-electron chi connectivity index (χ4n) is 2.74. The lowest BCUT2D eigenvalue weighted by molar-refractivity contribution is 1.12. The summed E-state index contributed by atoms with van der Waals surface area (Å²) in [6.07, 6.45) is 1.05. The summed E-state index contributed by atoms with van der Waals surface area (Å²) in [7, 11) is 8.36. The van der Waals surface area contributed by atoms with Crippen molar-refractivity contribution in [1.29, 1.82) is 0 Å². The van der Waals surface area contributed by atoms with Gasteiger partial charge in [-0.15, -0.1) is 0 Å². The minimum absolute atomic E-state index is 1.05. The predicted octanol–water partition coefficient (Wildman–Crippen LogP) is 3.39. The average molecular weight is 252 g/mol. The number of rotatable bonds is 2. The van der Waals surface area contributed by atoms with Gasteiger partial charge in [-0.3, -0.25) is 0 Å². The Bertz CT molecular complexity index is 572. The second-order valence-electron chi connectivity index (χ2n) is 5.65. The number of hydrogen-bond acceptors (Lipinski definition) is 2. The SMILES string of the molecule is CN(C)c1ccc2c(c1)Cc1cc(N(C)C)ccc1-2. The minimum atomic E-state index is 1.05. The van der Waals surface area contributed by atoms with E-state index < -0.39 is 0 Å². The maximum Gasteiger partial charge on any atom is 0.0364 e. The molecule has 0 heterocycles. The summed E-state index contributed by atoms with van der Waals surface area (Å²) < 4.78 is 0. The summed E-state index contributed by atoms with van der Waals surface area (Å²) in [4.78, 5) is 4.32. The fraction of sp³-hybridized carbons (Fsp3) is 0.294. The molecule has 0 N–H and O–H groups in total. The Morgan fingerprint density at radius 1 is 0.684 bits per heavy atom. The van der Waals surface area contributed by atoms with Crippen LogP contribution in [0.2, 0.25) is 0 Å². The second kappa shape index (κ2) is 4.30. The lowest BCUT2D eigenvalue weighted by Crippen LogP contribution is -2.08. The monoisotopic (exact) mass is 252 g/mol. The summed E-state index contributed by atoms with van der Waals surface area (Å²) >= 11 is 0. The van der Waals surface area contributed by atoms with E-state index in [9.17, 15) is 0 Å². The molecule has 2 aromatic carbocycles. The fourth-order valence-corrected chi connectivity index (χ4v) is 2.74. The largest absolute Gasteiger partial charge is 0.378 e. The van der Waals surface area contributed by atoms with Gasteiger partial charge < -0.3 is 9.80 Å². The van der Waals surface area contributed by atoms with Crippen LogP contribution in [-0.2, 0) is 6.42 Å². The Kier molecular flexibility index (Phi) is 2.74. The van der Waals surface area contributed by atoms with Crippen molar-refractivity contribution in [2.75, 3.05) is 38.0 Å². The smallest absolute Gasteiger partial charge is 0.0364 e. The molecular weight excluding hydrogens is 232 g/mol. The normalized spacial score (nSPS) is 12.0. The minimum Gasteiger partial charge on any atom is -0.378 e. The molecule has 2 aromatic rings. The third-order valence-electron chi connectivity index (χ3n) is 3.88. The summed E-state index contributed by atoms with van der Waals surface area (Å²) in [5.41, 5.74) is 8.23. The van der Waals surface area contributed by atoms with Crippen LogP contribution < -0.4 is 9.80 Å². The van der Waals surface area contributed by atoms with Gasteiger partial charge in [0.2, 0.25) is 0 Å². The topological polar surface area (TPSA) is 6.48 Å². The van der Waals surface area contributed by atoms with Crippen LogP contribution in [0.4, 0.5) is 11.4 Å². The van der Waals surface area contributed by atoms with E-state index in [2.05, 4.69) is 74.4 Å². The van der Waals surface area contributed by atoms with E-state index in [1.54, 1.807) is 0 Å². The molecule has 3 rings (SSSR count). The Balaban J connectivity index is 2.05. The molecule has 0 amide bonds. The van der Waals surface area contributed by atoms with Crippen molar-refractivity contribution < 1.29 is 0 Å². The number of benzene rings is 2. The first kappa shape index (κ1) is 12.1. The van der Waals surface area contributed by atoms with Crippen LogP contribution in [-0.4, -0.2) is 28.2 Å². The van der Waals surface area contributed by atoms with Crippen molar-refractivity contribution in [2.45, 2.75) is 6.42 Å². The van der Waals surface area contributed by atoms with E-state index in [1.807, 2.05) is 0 Å². The van der Waals surface area contributed by atoms with Gasteiger partial charge in [0, 0.05) is 39.6 Å². The quantitative estimate of drug-likeness (QED) is 0.690. The maximum atomic E-state index is 2.31. The Hall–Kier alpha value is -1.96. The van der Waals surface area contributed by atoms with E-state index in [4.69, 9.17) is 0 Å². The molecule has 0 radical (unpaired) electrons. The summed E-state index contributed by atoms with van der Waals surface area (Å²) in [6, 6.07) is 13.5. The Labute approximate surface area is 115 Å². The molecule has 1 aliphatic carbocycles. The van der Waals surface area contributed by atoms with Crippen LogP contribution in [0.1, 0.15) is 11.1 Å². The Morgan fingerprint density at radius 2 is 1.11 bits per heavy atom. The van der Waals surface area contributed by atoms with E-state index >= 15 is 0 Å². The third-order valence-corrected chi connectivity index (χ3v) is 3.88. The second-order valence-corrected chi connectivity index (χ2v) is 5.65. The van der Waals surface area contributed by atoms with Gasteiger partial charge in [-0.1, -0.05) is 12.1 Å². The molecule has 2 heteroatoms. The lowest BCUT2D eigenvalue weighted by Gasteiger charge is -2.14. The maximum absolute atomic E-state index is 2.31. The van der Waals surface area contributed by atoms with Crippen molar-refractivity contribution in [3.05, 3.63) is 47.5 Å². The molecule has 0 atom stereocenters. The lowest BCUT2D eigenvalue weighted by atomic mass is 10.0. The summed E-state index contributed by atoms with van der Waals surface area (Å²) in [6.45, 7) is 0. The van der Waals surface area contributed by atoms with Crippen molar-refractivity contribution >= 4 is 11.4 Å². The van der Waals surface area contributed by atoms with Gasteiger partial charge in [0.05, 0.1) is 0 Å². The first-order valence-electron chi connectivity index (χ1n) is 6.67. The molecular formula is C17H20N2. The van der Waals surface area contributed by atoms with Crippen LogP contribution >= 0.6 is 0 Å². The van der Waals surface area contributed by atoms with Gasteiger partial charge in [-0.05, 0) is 52.9 Å². The highest BCUT2D eigenvalue weighted by atomic mass is 15.1. The highest BCUT2D eigenvalue weighted by Gasteiger charge is 2.19. The first-order chi connectivity index (χ1) is 9.06. The summed E-state index contributed by atoms with van der Waals surface area (Å²) in [5.74, 6) is 0. The van der Waals surface area contributed by atoms with Crippen LogP contribution in [0.3, 0.4) is 0 Å². The van der Waals surface area contributed by atoms with Gasteiger partial charge in [0.1, 0.15) is 0 Å². The summed E-state index contributed by atoms with van der Waals surface area (Å²) in [5, 5.41) is 0. The third kappa shape index (κ3) is 1.97. The van der Waals surface area contributed by atoms with Crippen molar-refractivity contribution in [1.82, 2.24) is 0 Å². The number of fused-ring (bicyclic) bond motifs is 3. The zero-order chi connectivity index (χ0) is 13.6. The Morgan fingerprint density at radius 3 is 1.47 bits per heavy atom. The number of anilines is 2. The van der Waals surface area contributed by atoms with Gasteiger partial charge in [-0.2, -0.15) is 0 Å². The van der Waals surface area contributed by atoms with Crippen molar-refractivity contribution in [3.8, 4) is 11.1 Å². The molecule has 0 aliphatic heterocycles. The highest BCUT2D eigenvalue weighted by Crippen LogP contribution is 2.39. The van der Waals surface area contributed by atoms with E-state index in [-0.39, 0.29) is 0 Å². The van der Waals surface area contributed by atoms with Crippen LogP contribution in [0.15, 0.2) is 36.4 Å². The van der Waals surface area contributed by atoms with E-state index in [0.29, 0.717) is 0 Å². The zero-order valence-corrected chi connectivity index (χ0v) is 12.1. The van der Waals surface area contributed by atoms with Crippen LogP contribution in [0.25, 0.3) is 11.1 Å². The number of nitrogens with zero attached hydrogens (tertiary/aromatic N) is 2. The van der Waals surface area contributed by atoms with Gasteiger partial charge in [0.25, 0.3) is 0 Å².